The van der Waals surface area contributed by atoms with Crippen LogP contribution in [-0.2, 0) is 11.3 Å². The molecule has 2 N–H and O–H groups in total. The normalized spacial score (nSPS) is 10.1. The Morgan fingerprint density at radius 2 is 1.77 bits per heavy atom. The van der Waals surface area contributed by atoms with Crippen molar-refractivity contribution in [2.24, 2.45) is 0 Å². The number of nitrogens with one attached hydrogen (secondary N) is 1. The van der Waals surface area contributed by atoms with Gasteiger partial charge >= 0.3 is 12.1 Å². The van der Waals surface area contributed by atoms with E-state index in [2.05, 4.69) is 15.3 Å². The molecule has 0 saturated carbocycles. The summed E-state index contributed by atoms with van der Waals surface area (Å²) >= 11 is 11.3. The molecule has 0 fully saturated rings. The number of carbonyl (C=O) groups is 2. The maximum Gasteiger partial charge on any atom is 0.413 e. The number of benzene rings is 1. The van der Waals surface area contributed by atoms with Crippen LogP contribution in [0.15, 0.2) is 30.3 Å². The molecule has 9 heteroatoms. The number of halogens is 2. The number of rotatable bonds is 4. The van der Waals surface area contributed by atoms with Gasteiger partial charge in [0.2, 0.25) is 0 Å². The Morgan fingerprint density at radius 3 is 2.41 bits per heavy atom. The van der Waals surface area contributed by atoms with Crippen LogP contribution in [0.2, 0.25) is 10.3 Å². The summed E-state index contributed by atoms with van der Waals surface area (Å²) < 4.78 is 4.95. The van der Waals surface area contributed by atoms with Crippen LogP contribution in [-0.4, -0.2) is 27.1 Å². The van der Waals surface area contributed by atoms with Gasteiger partial charge in [-0.05, 0) is 5.56 Å². The Morgan fingerprint density at radius 1 is 1.14 bits per heavy atom. The SMILES string of the molecule is O=C(Nc1nc(Cl)c(Cl)nc1C(=O)O)OCc1ccccc1. The lowest BCUT2D eigenvalue weighted by Crippen LogP contribution is -2.18. The van der Waals surface area contributed by atoms with Gasteiger partial charge in [-0.25, -0.2) is 19.6 Å². The second kappa shape index (κ2) is 7.06. The average molecular weight is 342 g/mol. The van der Waals surface area contributed by atoms with Gasteiger partial charge < -0.3 is 9.84 Å². The molecular formula is C13H9Cl2N3O4. The third-order valence-corrected chi connectivity index (χ3v) is 3.07. The maximum atomic E-state index is 11.7. The zero-order valence-corrected chi connectivity index (χ0v) is 12.4. The zero-order chi connectivity index (χ0) is 16.1. The third-order valence-electron chi connectivity index (χ3n) is 2.45. The fourth-order valence-electron chi connectivity index (χ4n) is 1.49. The van der Waals surface area contributed by atoms with Crippen molar-refractivity contribution < 1.29 is 19.4 Å². The zero-order valence-electron chi connectivity index (χ0n) is 10.9. The summed E-state index contributed by atoms with van der Waals surface area (Å²) in [5.74, 6) is -1.76. The summed E-state index contributed by atoms with van der Waals surface area (Å²) in [6, 6.07) is 8.96. The number of carbonyl (C=O) groups excluding carboxylic acids is 1. The first kappa shape index (κ1) is 16.0. The Hall–Kier alpha value is -2.38. The van der Waals surface area contributed by atoms with E-state index in [9.17, 15) is 9.59 Å². The number of carboxylic acid groups (broad SMARTS) is 1. The molecule has 1 heterocycles. The number of amides is 1. The molecular weight excluding hydrogens is 333 g/mol. The average Bonchev–Trinajstić information content (AvgIpc) is 2.49. The number of carboxylic acids is 1. The van der Waals surface area contributed by atoms with Crippen LogP contribution in [0.25, 0.3) is 0 Å². The van der Waals surface area contributed by atoms with E-state index >= 15 is 0 Å². The van der Waals surface area contributed by atoms with E-state index < -0.39 is 17.8 Å². The molecule has 0 aliphatic heterocycles. The quantitative estimate of drug-likeness (QED) is 0.885. The van der Waals surface area contributed by atoms with Crippen LogP contribution in [0.4, 0.5) is 10.6 Å². The van der Waals surface area contributed by atoms with Gasteiger partial charge in [0.15, 0.2) is 21.8 Å². The Balaban J connectivity index is 2.08. The predicted octanol–water partition coefficient (Wildman–Crippen LogP) is 3.23. The summed E-state index contributed by atoms with van der Waals surface area (Å²) in [5.41, 5.74) is 0.238. The van der Waals surface area contributed by atoms with Gasteiger partial charge in [-0.2, -0.15) is 0 Å². The lowest BCUT2D eigenvalue weighted by atomic mass is 10.2. The molecule has 2 rings (SSSR count). The molecule has 0 unspecified atom stereocenters. The van der Waals surface area contributed by atoms with E-state index in [0.717, 1.165) is 5.56 Å². The fourth-order valence-corrected chi connectivity index (χ4v) is 1.74. The summed E-state index contributed by atoms with van der Waals surface area (Å²) in [5, 5.41) is 10.7. The van der Waals surface area contributed by atoms with Crippen LogP contribution in [0.5, 0.6) is 0 Å². The molecule has 22 heavy (non-hydrogen) atoms. The van der Waals surface area contributed by atoms with Crippen LogP contribution in [0, 0.1) is 0 Å². The smallest absolute Gasteiger partial charge is 0.413 e. The van der Waals surface area contributed by atoms with Crippen molar-refractivity contribution in [3.63, 3.8) is 0 Å². The Kier molecular flexibility index (Phi) is 5.13. The maximum absolute atomic E-state index is 11.7. The Bertz CT molecular complexity index is 710. The summed E-state index contributed by atoms with van der Waals surface area (Å²) in [7, 11) is 0. The van der Waals surface area contributed by atoms with Crippen molar-refractivity contribution in [2.45, 2.75) is 6.61 Å². The van der Waals surface area contributed by atoms with Crippen LogP contribution in [0.3, 0.4) is 0 Å². The van der Waals surface area contributed by atoms with Crippen LogP contribution < -0.4 is 5.32 Å². The number of hydrogen-bond acceptors (Lipinski definition) is 5. The van der Waals surface area contributed by atoms with Gasteiger partial charge in [-0.1, -0.05) is 53.5 Å². The first-order chi connectivity index (χ1) is 10.5. The minimum absolute atomic E-state index is 0.0177. The van der Waals surface area contributed by atoms with Gasteiger partial charge in [-0.15, -0.1) is 0 Å². The summed E-state index contributed by atoms with van der Waals surface area (Å²) in [6.07, 6.45) is -0.890. The lowest BCUT2D eigenvalue weighted by Gasteiger charge is -2.09. The highest BCUT2D eigenvalue weighted by atomic mass is 35.5. The largest absolute Gasteiger partial charge is 0.476 e. The first-order valence-electron chi connectivity index (χ1n) is 5.91. The highest BCUT2D eigenvalue weighted by Crippen LogP contribution is 2.22. The molecule has 1 amide bonds. The van der Waals surface area contributed by atoms with Crippen molar-refractivity contribution >= 4 is 41.1 Å². The molecule has 7 nitrogen and oxygen atoms in total. The number of aromatic carboxylic acids is 1. The second-order valence-corrected chi connectivity index (χ2v) is 4.71. The lowest BCUT2D eigenvalue weighted by molar-refractivity contribution is 0.0691. The first-order valence-corrected chi connectivity index (χ1v) is 6.67. The van der Waals surface area contributed by atoms with Gasteiger partial charge in [0, 0.05) is 0 Å². The van der Waals surface area contributed by atoms with Crippen molar-refractivity contribution in [3.05, 3.63) is 51.9 Å². The summed E-state index contributed by atoms with van der Waals surface area (Å²) in [6.45, 7) is 0.0177. The molecule has 1 aromatic carbocycles. The monoisotopic (exact) mass is 341 g/mol. The number of ether oxygens (including phenoxy) is 1. The molecule has 0 aliphatic carbocycles. The molecule has 114 valence electrons. The van der Waals surface area contributed by atoms with Gasteiger partial charge in [0.25, 0.3) is 0 Å². The van der Waals surface area contributed by atoms with Crippen molar-refractivity contribution in [1.82, 2.24) is 9.97 Å². The minimum atomic E-state index is -1.41. The van der Waals surface area contributed by atoms with Crippen LogP contribution in [0.1, 0.15) is 16.1 Å². The molecule has 0 atom stereocenters. The van der Waals surface area contributed by atoms with Crippen molar-refractivity contribution in [1.29, 1.82) is 0 Å². The fraction of sp³-hybridized carbons (Fsp3) is 0.0769. The van der Waals surface area contributed by atoms with E-state index in [1.165, 1.54) is 0 Å². The van der Waals surface area contributed by atoms with E-state index in [1.54, 1.807) is 24.3 Å². The van der Waals surface area contributed by atoms with E-state index in [4.69, 9.17) is 33.0 Å². The van der Waals surface area contributed by atoms with E-state index in [0.29, 0.717) is 0 Å². The van der Waals surface area contributed by atoms with Gasteiger partial charge in [-0.3, -0.25) is 5.32 Å². The molecule has 0 radical (unpaired) electrons. The topological polar surface area (TPSA) is 101 Å². The Labute approximate surface area is 134 Å². The van der Waals surface area contributed by atoms with Gasteiger partial charge in [0.05, 0.1) is 0 Å². The number of nitrogens with zero attached hydrogens (tertiary/aromatic N) is 2. The van der Waals surface area contributed by atoms with Crippen molar-refractivity contribution in [3.8, 4) is 0 Å². The molecule has 0 aliphatic rings. The minimum Gasteiger partial charge on any atom is -0.476 e. The van der Waals surface area contributed by atoms with E-state index in [-0.39, 0.29) is 22.7 Å². The second-order valence-electron chi connectivity index (χ2n) is 3.99. The molecule has 0 bridgehead atoms. The standard InChI is InChI=1S/C13H9Cl2N3O4/c14-9-10(15)17-11(8(16-9)12(19)20)18-13(21)22-6-7-4-2-1-3-5-7/h1-5H,6H2,(H,19,20)(H,17,18,21). The third kappa shape index (κ3) is 4.06. The molecule has 2 aromatic rings. The van der Waals surface area contributed by atoms with Crippen LogP contribution >= 0.6 is 23.2 Å². The molecule has 0 saturated heterocycles. The van der Waals surface area contributed by atoms with Gasteiger partial charge in [0.1, 0.15) is 6.61 Å². The highest BCUT2D eigenvalue weighted by Gasteiger charge is 2.19. The number of aromatic nitrogens is 2. The highest BCUT2D eigenvalue weighted by molar-refractivity contribution is 6.40. The van der Waals surface area contributed by atoms with E-state index in [1.807, 2.05) is 6.07 Å². The summed E-state index contributed by atoms with van der Waals surface area (Å²) in [4.78, 5) is 29.9. The molecule has 0 spiro atoms. The predicted molar refractivity (Wildman–Crippen MR) is 79.3 cm³/mol. The number of hydrogen-bond donors (Lipinski definition) is 2. The van der Waals surface area contributed by atoms with Crippen molar-refractivity contribution in [2.75, 3.05) is 5.32 Å². The molecule has 1 aromatic heterocycles. The number of anilines is 1.